The largest absolute Gasteiger partial charge is 0.355 e. The highest BCUT2D eigenvalue weighted by molar-refractivity contribution is 5.79. The van der Waals surface area contributed by atoms with E-state index < -0.39 is 0 Å². The van der Waals surface area contributed by atoms with Crippen LogP contribution in [0.5, 0.6) is 0 Å². The lowest BCUT2D eigenvalue weighted by molar-refractivity contribution is 1.08. The van der Waals surface area contributed by atoms with Crippen molar-refractivity contribution in [1.82, 2.24) is 10.2 Å². The molecule has 0 bridgehead atoms. The Morgan fingerprint density at radius 3 is 2.50 bits per heavy atom. The van der Waals surface area contributed by atoms with Crippen LogP contribution in [0.15, 0.2) is 67.2 Å². The molecule has 0 unspecified atom stereocenters. The van der Waals surface area contributed by atoms with Crippen LogP contribution in [0.2, 0.25) is 0 Å². The number of aromatic amines is 1. The second kappa shape index (κ2) is 5.45. The molecule has 2 aromatic carbocycles. The van der Waals surface area contributed by atoms with Crippen LogP contribution < -0.4 is 5.32 Å². The van der Waals surface area contributed by atoms with E-state index in [1.807, 2.05) is 60.7 Å². The summed E-state index contributed by atoms with van der Waals surface area (Å²) in [7, 11) is 0. The van der Waals surface area contributed by atoms with Gasteiger partial charge in [-0.2, -0.15) is 5.10 Å². The third-order valence-electron chi connectivity index (χ3n) is 3.07. The first-order valence-electron chi connectivity index (χ1n) is 6.46. The van der Waals surface area contributed by atoms with Crippen LogP contribution >= 0.6 is 0 Å². The number of hydrogen-bond acceptors (Lipinski definition) is 2. The first-order chi connectivity index (χ1) is 9.86. The van der Waals surface area contributed by atoms with Gasteiger partial charge in [-0.25, -0.2) is 0 Å². The normalized spacial score (nSPS) is 10.2. The molecule has 20 heavy (non-hydrogen) atoms. The summed E-state index contributed by atoms with van der Waals surface area (Å²) in [5.41, 5.74) is 4.95. The third kappa shape index (κ3) is 2.47. The summed E-state index contributed by atoms with van der Waals surface area (Å²) in [6.07, 6.45) is 1.75. The van der Waals surface area contributed by atoms with E-state index in [1.165, 1.54) is 0 Å². The topological polar surface area (TPSA) is 40.7 Å². The summed E-state index contributed by atoms with van der Waals surface area (Å²) in [6, 6.07) is 20.2. The fraction of sp³-hybridized carbons (Fsp3) is 0. The van der Waals surface area contributed by atoms with Crippen molar-refractivity contribution >= 4 is 17.5 Å². The molecular formula is C17H15N3. The quantitative estimate of drug-likeness (QED) is 0.727. The first-order valence-corrected chi connectivity index (χ1v) is 6.46. The van der Waals surface area contributed by atoms with Gasteiger partial charge in [0.1, 0.15) is 0 Å². The van der Waals surface area contributed by atoms with Gasteiger partial charge in [0.25, 0.3) is 0 Å². The third-order valence-corrected chi connectivity index (χ3v) is 3.07. The number of para-hydroxylation sites is 2. The van der Waals surface area contributed by atoms with Crippen molar-refractivity contribution in [1.29, 1.82) is 0 Å². The molecule has 0 aliphatic heterocycles. The summed E-state index contributed by atoms with van der Waals surface area (Å²) in [6.45, 7) is 3.74. The maximum absolute atomic E-state index is 4.32. The van der Waals surface area contributed by atoms with E-state index in [1.54, 1.807) is 6.08 Å². The summed E-state index contributed by atoms with van der Waals surface area (Å²) in [5, 5.41) is 10.7. The molecule has 0 spiro atoms. The average Bonchev–Trinajstić information content (AvgIpc) is 2.98. The molecule has 0 aliphatic carbocycles. The first kappa shape index (κ1) is 12.2. The Morgan fingerprint density at radius 2 is 1.75 bits per heavy atom. The van der Waals surface area contributed by atoms with Crippen molar-refractivity contribution in [2.24, 2.45) is 0 Å². The van der Waals surface area contributed by atoms with Gasteiger partial charge in [0, 0.05) is 16.9 Å². The highest BCUT2D eigenvalue weighted by atomic mass is 15.1. The molecule has 0 fully saturated rings. The maximum Gasteiger partial charge on any atom is 0.0947 e. The van der Waals surface area contributed by atoms with Crippen LogP contribution in [0.1, 0.15) is 5.69 Å². The fourth-order valence-electron chi connectivity index (χ4n) is 2.07. The van der Waals surface area contributed by atoms with Gasteiger partial charge in [-0.1, -0.05) is 43.0 Å². The summed E-state index contributed by atoms with van der Waals surface area (Å²) < 4.78 is 0. The molecule has 1 aromatic heterocycles. The Hall–Kier alpha value is -2.81. The van der Waals surface area contributed by atoms with Crippen LogP contribution in [0.3, 0.4) is 0 Å². The minimum absolute atomic E-state index is 0.902. The second-order valence-corrected chi connectivity index (χ2v) is 4.45. The van der Waals surface area contributed by atoms with Crippen LogP contribution in [0.25, 0.3) is 17.3 Å². The number of hydrogen-bond donors (Lipinski definition) is 2. The van der Waals surface area contributed by atoms with Crippen molar-refractivity contribution < 1.29 is 0 Å². The zero-order chi connectivity index (χ0) is 13.8. The Balaban J connectivity index is 1.98. The number of anilines is 2. The SMILES string of the molecule is C=Cc1cc(-c2ccccc2Nc2ccccc2)n[nH]1. The van der Waals surface area contributed by atoms with Gasteiger partial charge in [-0.3, -0.25) is 5.10 Å². The van der Waals surface area contributed by atoms with Gasteiger partial charge in [-0.05, 0) is 30.3 Å². The van der Waals surface area contributed by atoms with Crippen LogP contribution in [-0.2, 0) is 0 Å². The molecule has 0 atom stereocenters. The number of rotatable bonds is 4. The number of nitrogens with zero attached hydrogens (tertiary/aromatic N) is 1. The number of benzene rings is 2. The fourth-order valence-corrected chi connectivity index (χ4v) is 2.07. The Bertz CT molecular complexity index is 714. The smallest absolute Gasteiger partial charge is 0.0947 e. The summed E-state index contributed by atoms with van der Waals surface area (Å²) in [5.74, 6) is 0. The second-order valence-electron chi connectivity index (χ2n) is 4.45. The lowest BCUT2D eigenvalue weighted by atomic mass is 10.1. The van der Waals surface area contributed by atoms with Crippen molar-refractivity contribution in [3.63, 3.8) is 0 Å². The van der Waals surface area contributed by atoms with Gasteiger partial charge >= 0.3 is 0 Å². The molecule has 0 saturated heterocycles. The van der Waals surface area contributed by atoms with E-state index in [9.17, 15) is 0 Å². The van der Waals surface area contributed by atoms with E-state index in [-0.39, 0.29) is 0 Å². The van der Waals surface area contributed by atoms with E-state index >= 15 is 0 Å². The Morgan fingerprint density at radius 1 is 1.00 bits per heavy atom. The monoisotopic (exact) mass is 261 g/mol. The molecule has 0 amide bonds. The molecular weight excluding hydrogens is 246 g/mol. The molecule has 98 valence electrons. The van der Waals surface area contributed by atoms with E-state index in [2.05, 4.69) is 22.1 Å². The maximum atomic E-state index is 4.32. The minimum atomic E-state index is 0.902. The van der Waals surface area contributed by atoms with Crippen molar-refractivity contribution in [3.05, 3.63) is 72.9 Å². The zero-order valence-electron chi connectivity index (χ0n) is 11.0. The highest BCUT2D eigenvalue weighted by Gasteiger charge is 2.07. The summed E-state index contributed by atoms with van der Waals surface area (Å²) >= 11 is 0. The molecule has 0 saturated carbocycles. The van der Waals surface area contributed by atoms with Crippen molar-refractivity contribution in [2.45, 2.75) is 0 Å². The van der Waals surface area contributed by atoms with E-state index in [4.69, 9.17) is 0 Å². The molecule has 3 rings (SSSR count). The van der Waals surface area contributed by atoms with Gasteiger partial charge in [0.2, 0.25) is 0 Å². The van der Waals surface area contributed by atoms with Crippen LogP contribution in [0.4, 0.5) is 11.4 Å². The van der Waals surface area contributed by atoms with Gasteiger partial charge in [0.15, 0.2) is 0 Å². The molecule has 3 nitrogen and oxygen atoms in total. The van der Waals surface area contributed by atoms with Crippen molar-refractivity contribution in [2.75, 3.05) is 5.32 Å². The predicted octanol–water partition coefficient (Wildman–Crippen LogP) is 4.46. The van der Waals surface area contributed by atoms with Crippen molar-refractivity contribution in [3.8, 4) is 11.3 Å². The van der Waals surface area contributed by atoms with E-state index in [0.717, 1.165) is 28.3 Å². The van der Waals surface area contributed by atoms with Gasteiger partial charge in [0.05, 0.1) is 11.4 Å². The Labute approximate surface area is 118 Å². The molecule has 1 heterocycles. The summed E-state index contributed by atoms with van der Waals surface area (Å²) in [4.78, 5) is 0. The predicted molar refractivity (Wildman–Crippen MR) is 83.8 cm³/mol. The van der Waals surface area contributed by atoms with Crippen LogP contribution in [-0.4, -0.2) is 10.2 Å². The van der Waals surface area contributed by atoms with Crippen LogP contribution in [0, 0.1) is 0 Å². The molecule has 0 aliphatic rings. The van der Waals surface area contributed by atoms with Gasteiger partial charge in [-0.15, -0.1) is 0 Å². The number of nitrogens with one attached hydrogen (secondary N) is 2. The molecule has 3 aromatic rings. The molecule has 3 heteroatoms. The number of aromatic nitrogens is 2. The minimum Gasteiger partial charge on any atom is -0.355 e. The lowest BCUT2D eigenvalue weighted by Gasteiger charge is -2.10. The highest BCUT2D eigenvalue weighted by Crippen LogP contribution is 2.29. The zero-order valence-corrected chi connectivity index (χ0v) is 11.0. The number of H-pyrrole nitrogens is 1. The van der Waals surface area contributed by atoms with E-state index in [0.29, 0.717) is 0 Å². The average molecular weight is 261 g/mol. The molecule has 0 radical (unpaired) electrons. The lowest BCUT2D eigenvalue weighted by Crippen LogP contribution is -1.92. The van der Waals surface area contributed by atoms with Gasteiger partial charge < -0.3 is 5.32 Å². The standard InChI is InChI=1S/C17H15N3/c1-2-13-12-17(20-19-13)15-10-6-7-11-16(15)18-14-8-4-3-5-9-14/h2-12,18H,1H2,(H,19,20). The molecule has 2 N–H and O–H groups in total. The Kier molecular flexibility index (Phi) is 3.33.